The van der Waals surface area contributed by atoms with Crippen LogP contribution in [0.1, 0.15) is 44.5 Å². The fourth-order valence-electron chi connectivity index (χ4n) is 2.41. The zero-order valence-electron chi connectivity index (χ0n) is 15.7. The van der Waals surface area contributed by atoms with Gasteiger partial charge in [-0.15, -0.1) is 0 Å². The van der Waals surface area contributed by atoms with Crippen LogP contribution in [0.15, 0.2) is 24.3 Å². The van der Waals surface area contributed by atoms with Crippen LogP contribution < -0.4 is 5.32 Å². The van der Waals surface area contributed by atoms with Gasteiger partial charge >= 0.3 is 5.97 Å². The number of ether oxygens (including phenoxy) is 1. The normalized spacial score (nSPS) is 11.8. The summed E-state index contributed by atoms with van der Waals surface area (Å²) in [6.45, 7) is 8.19. The van der Waals surface area contributed by atoms with Crippen LogP contribution >= 0.6 is 0 Å². The molecule has 25 heavy (non-hydrogen) atoms. The third kappa shape index (κ3) is 6.95. The first-order chi connectivity index (χ1) is 11.7. The minimum atomic E-state index is -0.403. The second kappa shape index (κ2) is 9.81. The molecule has 0 spiro atoms. The number of esters is 1. The molecular formula is C19H28N2O4. The summed E-state index contributed by atoms with van der Waals surface area (Å²) < 4.78 is 4.76. The van der Waals surface area contributed by atoms with Crippen LogP contribution in [-0.4, -0.2) is 42.9 Å². The second-order valence-corrected chi connectivity index (χ2v) is 6.62. The number of rotatable bonds is 8. The maximum Gasteiger partial charge on any atom is 0.310 e. The van der Waals surface area contributed by atoms with Crippen molar-refractivity contribution >= 4 is 23.5 Å². The third-order valence-corrected chi connectivity index (χ3v) is 3.79. The Hall–Kier alpha value is -2.37. The monoisotopic (exact) mass is 348 g/mol. The minimum Gasteiger partial charge on any atom is -0.469 e. The highest BCUT2D eigenvalue weighted by Gasteiger charge is 2.22. The molecule has 6 heteroatoms. The molecule has 0 aromatic heterocycles. The summed E-state index contributed by atoms with van der Waals surface area (Å²) in [5, 5.41) is 2.67. The van der Waals surface area contributed by atoms with E-state index in [2.05, 4.69) is 19.2 Å². The van der Waals surface area contributed by atoms with Gasteiger partial charge in [0.2, 0.25) is 5.91 Å². The van der Waals surface area contributed by atoms with Gasteiger partial charge in [-0.05, 0) is 30.5 Å². The number of benzene rings is 1. The fraction of sp³-hybridized carbons (Fsp3) is 0.526. The van der Waals surface area contributed by atoms with Gasteiger partial charge in [-0.1, -0.05) is 26.8 Å². The van der Waals surface area contributed by atoms with Crippen molar-refractivity contribution in [2.24, 2.45) is 11.8 Å². The van der Waals surface area contributed by atoms with Crippen molar-refractivity contribution in [1.29, 1.82) is 0 Å². The summed E-state index contributed by atoms with van der Waals surface area (Å²) in [5.41, 5.74) is 1.05. The third-order valence-electron chi connectivity index (χ3n) is 3.79. The van der Waals surface area contributed by atoms with Crippen LogP contribution in [0.25, 0.3) is 0 Å². The first-order valence-corrected chi connectivity index (χ1v) is 8.49. The standard InChI is InChI=1S/C19H28N2O4/c1-13(2)9-10-21(12-14(3)19(24)25-5)18(23)16-7-6-8-17(11-16)20-15(4)22/h6-8,11,13-14H,9-10,12H2,1-5H3,(H,20,22). The first kappa shape index (κ1) is 20.7. The van der Waals surface area contributed by atoms with Crippen molar-refractivity contribution < 1.29 is 19.1 Å². The summed E-state index contributed by atoms with van der Waals surface area (Å²) in [5.74, 6) is -0.660. The number of nitrogens with one attached hydrogen (secondary N) is 1. The predicted molar refractivity (Wildman–Crippen MR) is 97.3 cm³/mol. The van der Waals surface area contributed by atoms with E-state index in [0.717, 1.165) is 6.42 Å². The van der Waals surface area contributed by atoms with E-state index in [1.165, 1.54) is 14.0 Å². The number of nitrogens with zero attached hydrogens (tertiary/aromatic N) is 1. The molecule has 138 valence electrons. The van der Waals surface area contributed by atoms with Gasteiger partial charge in [0.25, 0.3) is 5.91 Å². The molecule has 1 unspecified atom stereocenters. The molecule has 1 rings (SSSR count). The number of carbonyl (C=O) groups excluding carboxylic acids is 3. The SMILES string of the molecule is COC(=O)C(C)CN(CCC(C)C)C(=O)c1cccc(NC(C)=O)c1. The van der Waals surface area contributed by atoms with Crippen molar-refractivity contribution in [3.05, 3.63) is 29.8 Å². The van der Waals surface area contributed by atoms with Crippen LogP contribution in [0.3, 0.4) is 0 Å². The minimum absolute atomic E-state index is 0.163. The molecule has 0 radical (unpaired) electrons. The number of methoxy groups -OCH3 is 1. The Morgan fingerprint density at radius 2 is 1.88 bits per heavy atom. The Labute approximate surface area is 149 Å². The summed E-state index contributed by atoms with van der Waals surface area (Å²) in [6.07, 6.45) is 0.838. The van der Waals surface area contributed by atoms with Gasteiger partial charge in [0, 0.05) is 31.3 Å². The highest BCUT2D eigenvalue weighted by atomic mass is 16.5. The van der Waals surface area contributed by atoms with Crippen molar-refractivity contribution in [2.75, 3.05) is 25.5 Å². The molecule has 1 atom stereocenters. The lowest BCUT2D eigenvalue weighted by atomic mass is 10.1. The maximum atomic E-state index is 12.9. The highest BCUT2D eigenvalue weighted by Crippen LogP contribution is 2.15. The molecule has 2 amide bonds. The molecule has 0 saturated carbocycles. The maximum absolute atomic E-state index is 12.9. The molecule has 1 N–H and O–H groups in total. The average Bonchev–Trinajstić information content (AvgIpc) is 2.56. The van der Waals surface area contributed by atoms with Gasteiger partial charge in [-0.3, -0.25) is 14.4 Å². The lowest BCUT2D eigenvalue weighted by Gasteiger charge is -2.26. The Kier molecular flexibility index (Phi) is 8.11. The molecule has 0 saturated heterocycles. The summed E-state index contributed by atoms with van der Waals surface area (Å²) in [7, 11) is 1.34. The van der Waals surface area contributed by atoms with Crippen LogP contribution in [0.4, 0.5) is 5.69 Å². The molecule has 6 nitrogen and oxygen atoms in total. The summed E-state index contributed by atoms with van der Waals surface area (Å²) in [6, 6.07) is 6.81. The molecule has 1 aromatic rings. The van der Waals surface area contributed by atoms with E-state index in [0.29, 0.717) is 30.3 Å². The van der Waals surface area contributed by atoms with Crippen molar-refractivity contribution in [3.63, 3.8) is 0 Å². The van der Waals surface area contributed by atoms with E-state index < -0.39 is 5.92 Å². The molecule has 0 bridgehead atoms. The number of hydrogen-bond donors (Lipinski definition) is 1. The van der Waals surface area contributed by atoms with Crippen LogP contribution in [0.5, 0.6) is 0 Å². The van der Waals surface area contributed by atoms with Crippen molar-refractivity contribution in [3.8, 4) is 0 Å². The largest absolute Gasteiger partial charge is 0.469 e. The average molecular weight is 348 g/mol. The number of carbonyl (C=O) groups is 3. The second-order valence-electron chi connectivity index (χ2n) is 6.62. The van der Waals surface area contributed by atoms with Crippen LogP contribution in [0.2, 0.25) is 0 Å². The summed E-state index contributed by atoms with van der Waals surface area (Å²) in [4.78, 5) is 37.5. The zero-order valence-corrected chi connectivity index (χ0v) is 15.7. The smallest absolute Gasteiger partial charge is 0.310 e. The van der Waals surface area contributed by atoms with Gasteiger partial charge in [0.15, 0.2) is 0 Å². The Morgan fingerprint density at radius 1 is 1.20 bits per heavy atom. The molecular weight excluding hydrogens is 320 g/mol. The van der Waals surface area contributed by atoms with Crippen molar-refractivity contribution in [1.82, 2.24) is 4.90 Å². The number of amides is 2. The van der Waals surface area contributed by atoms with Crippen molar-refractivity contribution in [2.45, 2.75) is 34.1 Å². The zero-order chi connectivity index (χ0) is 19.0. The van der Waals surface area contributed by atoms with Gasteiger partial charge in [-0.25, -0.2) is 0 Å². The van der Waals surface area contributed by atoms with E-state index in [1.54, 1.807) is 36.1 Å². The quantitative estimate of drug-likeness (QED) is 0.733. The van der Waals surface area contributed by atoms with E-state index >= 15 is 0 Å². The highest BCUT2D eigenvalue weighted by molar-refractivity contribution is 5.97. The topological polar surface area (TPSA) is 75.7 Å². The molecule has 0 fully saturated rings. The Bertz CT molecular complexity index is 613. The predicted octanol–water partition coefficient (Wildman–Crippen LogP) is 2.94. The van der Waals surface area contributed by atoms with Gasteiger partial charge in [0.1, 0.15) is 0 Å². The van der Waals surface area contributed by atoms with E-state index in [-0.39, 0.29) is 17.8 Å². The number of hydrogen-bond acceptors (Lipinski definition) is 4. The Morgan fingerprint density at radius 3 is 2.44 bits per heavy atom. The summed E-state index contributed by atoms with van der Waals surface area (Å²) >= 11 is 0. The van der Waals surface area contributed by atoms with Gasteiger partial charge in [0.05, 0.1) is 13.0 Å². The van der Waals surface area contributed by atoms with Gasteiger partial charge in [-0.2, -0.15) is 0 Å². The van der Waals surface area contributed by atoms with E-state index in [4.69, 9.17) is 4.74 Å². The molecule has 0 aliphatic heterocycles. The molecule has 0 aliphatic carbocycles. The molecule has 1 aromatic carbocycles. The number of anilines is 1. The Balaban J connectivity index is 2.97. The lowest BCUT2D eigenvalue weighted by Crippen LogP contribution is -2.38. The van der Waals surface area contributed by atoms with Crippen LogP contribution in [-0.2, 0) is 14.3 Å². The first-order valence-electron chi connectivity index (χ1n) is 8.49. The van der Waals surface area contributed by atoms with E-state index in [1.807, 2.05) is 0 Å². The fourth-order valence-corrected chi connectivity index (χ4v) is 2.41. The molecule has 0 aliphatic rings. The van der Waals surface area contributed by atoms with Gasteiger partial charge < -0.3 is 15.0 Å². The van der Waals surface area contributed by atoms with E-state index in [9.17, 15) is 14.4 Å². The lowest BCUT2D eigenvalue weighted by molar-refractivity contribution is -0.145. The molecule has 0 heterocycles. The van der Waals surface area contributed by atoms with Crippen LogP contribution in [0, 0.1) is 11.8 Å².